The first-order chi connectivity index (χ1) is 12.4. The minimum Gasteiger partial charge on any atom is -0.507 e. The second-order valence-corrected chi connectivity index (χ2v) is 6.81. The molecule has 6 nitrogen and oxygen atoms in total. The first kappa shape index (κ1) is 18.1. The van der Waals surface area contributed by atoms with Gasteiger partial charge in [-0.15, -0.1) is 0 Å². The minimum atomic E-state index is -0.765. The van der Waals surface area contributed by atoms with Crippen LogP contribution in [0.15, 0.2) is 48.0 Å². The molecular weight excluding hydrogens is 447 g/mol. The molecule has 26 heavy (non-hydrogen) atoms. The predicted octanol–water partition coefficient (Wildman–Crippen LogP) is 3.23. The molecule has 2 aromatic carbocycles. The number of nitrogens with zero attached hydrogens (tertiary/aromatic N) is 1. The first-order valence-electron chi connectivity index (χ1n) is 7.90. The third kappa shape index (κ3) is 3.34. The van der Waals surface area contributed by atoms with Gasteiger partial charge in [0.25, 0.3) is 11.8 Å². The Hall–Kier alpha value is -2.68. The Balaban J connectivity index is 2.05. The van der Waals surface area contributed by atoms with Crippen molar-refractivity contribution in [2.24, 2.45) is 0 Å². The van der Waals surface area contributed by atoms with Crippen molar-refractivity contribution in [3.05, 3.63) is 62.7 Å². The summed E-state index contributed by atoms with van der Waals surface area (Å²) in [6, 6.07) is 11.0. The van der Waals surface area contributed by atoms with Gasteiger partial charge in [0.2, 0.25) is 0 Å². The summed E-state index contributed by atoms with van der Waals surface area (Å²) in [5.74, 6) is -1.31. The van der Waals surface area contributed by atoms with Gasteiger partial charge in [0.15, 0.2) is 0 Å². The number of amides is 4. The van der Waals surface area contributed by atoms with Crippen molar-refractivity contribution >= 4 is 52.2 Å². The number of hydrogen-bond donors (Lipinski definition) is 2. The number of aryl methyl sites for hydroxylation is 1. The zero-order valence-electron chi connectivity index (χ0n) is 13.8. The smallest absolute Gasteiger partial charge is 0.335 e. The van der Waals surface area contributed by atoms with Crippen LogP contribution in [0.5, 0.6) is 5.75 Å². The number of barbiturate groups is 1. The third-order valence-corrected chi connectivity index (χ3v) is 4.86. The molecule has 0 bridgehead atoms. The fourth-order valence-electron chi connectivity index (χ4n) is 2.68. The van der Waals surface area contributed by atoms with Crippen molar-refractivity contribution in [3.8, 4) is 5.75 Å². The zero-order valence-corrected chi connectivity index (χ0v) is 16.0. The van der Waals surface area contributed by atoms with E-state index in [4.69, 9.17) is 0 Å². The summed E-state index contributed by atoms with van der Waals surface area (Å²) in [5.41, 5.74) is 1.71. The Morgan fingerprint density at radius 3 is 2.58 bits per heavy atom. The van der Waals surface area contributed by atoms with Crippen molar-refractivity contribution in [1.29, 1.82) is 0 Å². The van der Waals surface area contributed by atoms with Crippen LogP contribution in [0.3, 0.4) is 0 Å². The standard InChI is InChI=1S/C19H15IN2O4/c1-2-12-5-3-4-6-15(12)22-18(25)13(17(24)21-19(22)26)9-11-7-8-16(23)14(20)10-11/h3-10,23H,2H2,1H3,(H,21,24,26)/b13-9+. The van der Waals surface area contributed by atoms with Gasteiger partial charge in [-0.2, -0.15) is 0 Å². The summed E-state index contributed by atoms with van der Waals surface area (Å²) in [4.78, 5) is 38.4. The van der Waals surface area contributed by atoms with E-state index >= 15 is 0 Å². The highest BCUT2D eigenvalue weighted by Gasteiger charge is 2.37. The maximum Gasteiger partial charge on any atom is 0.335 e. The number of hydrogen-bond acceptors (Lipinski definition) is 4. The van der Waals surface area contributed by atoms with Crippen LogP contribution in [0.1, 0.15) is 18.1 Å². The molecule has 0 spiro atoms. The third-order valence-electron chi connectivity index (χ3n) is 4.00. The average molecular weight is 462 g/mol. The van der Waals surface area contributed by atoms with Crippen LogP contribution in [-0.2, 0) is 16.0 Å². The highest BCUT2D eigenvalue weighted by molar-refractivity contribution is 14.1. The molecule has 0 unspecified atom stereocenters. The summed E-state index contributed by atoms with van der Waals surface area (Å²) in [6.45, 7) is 1.92. The summed E-state index contributed by atoms with van der Waals surface area (Å²) >= 11 is 1.95. The topological polar surface area (TPSA) is 86.7 Å². The van der Waals surface area contributed by atoms with Crippen LogP contribution in [0.25, 0.3) is 6.08 Å². The number of carbonyl (C=O) groups excluding carboxylic acids is 3. The fourth-order valence-corrected chi connectivity index (χ4v) is 3.22. The van der Waals surface area contributed by atoms with Crippen LogP contribution >= 0.6 is 22.6 Å². The van der Waals surface area contributed by atoms with Gasteiger partial charge in [0.1, 0.15) is 11.3 Å². The Morgan fingerprint density at radius 1 is 1.15 bits per heavy atom. The summed E-state index contributed by atoms with van der Waals surface area (Å²) < 4.78 is 0.588. The lowest BCUT2D eigenvalue weighted by atomic mass is 10.0. The second-order valence-electron chi connectivity index (χ2n) is 5.65. The molecule has 4 amide bonds. The number of carbonyl (C=O) groups is 3. The molecule has 0 saturated carbocycles. The number of benzene rings is 2. The summed E-state index contributed by atoms with van der Waals surface area (Å²) in [5, 5.41) is 11.8. The molecule has 132 valence electrons. The molecule has 1 aliphatic heterocycles. The quantitative estimate of drug-likeness (QED) is 0.417. The number of urea groups is 1. The van der Waals surface area contributed by atoms with Gasteiger partial charge in [-0.25, -0.2) is 9.69 Å². The molecule has 2 N–H and O–H groups in total. The number of anilines is 1. The molecule has 1 heterocycles. The van der Waals surface area contributed by atoms with Gasteiger partial charge in [-0.1, -0.05) is 31.2 Å². The van der Waals surface area contributed by atoms with Crippen LogP contribution < -0.4 is 10.2 Å². The number of phenols is 1. The van der Waals surface area contributed by atoms with Gasteiger partial charge >= 0.3 is 6.03 Å². The van der Waals surface area contributed by atoms with Gasteiger partial charge in [0.05, 0.1) is 9.26 Å². The highest BCUT2D eigenvalue weighted by atomic mass is 127. The SMILES string of the molecule is CCc1ccccc1N1C(=O)NC(=O)/C(=C\c2ccc(O)c(I)c2)C1=O. The van der Waals surface area contributed by atoms with Crippen molar-refractivity contribution < 1.29 is 19.5 Å². The zero-order chi connectivity index (χ0) is 18.8. The van der Waals surface area contributed by atoms with Crippen molar-refractivity contribution in [2.75, 3.05) is 4.90 Å². The van der Waals surface area contributed by atoms with E-state index in [0.717, 1.165) is 10.5 Å². The van der Waals surface area contributed by atoms with E-state index < -0.39 is 17.8 Å². The first-order valence-corrected chi connectivity index (χ1v) is 8.98. The van der Waals surface area contributed by atoms with Gasteiger partial charge < -0.3 is 5.11 Å². The molecule has 1 saturated heterocycles. The number of nitrogens with one attached hydrogen (secondary N) is 1. The van der Waals surface area contributed by atoms with E-state index in [-0.39, 0.29) is 11.3 Å². The monoisotopic (exact) mass is 462 g/mol. The Labute approximate surface area is 163 Å². The number of imide groups is 2. The average Bonchev–Trinajstić information content (AvgIpc) is 2.62. The number of phenolic OH excluding ortho intramolecular Hbond substituents is 1. The van der Waals surface area contributed by atoms with Crippen molar-refractivity contribution in [2.45, 2.75) is 13.3 Å². The van der Waals surface area contributed by atoms with E-state index in [1.807, 2.05) is 41.6 Å². The number of halogens is 1. The van der Waals surface area contributed by atoms with E-state index in [0.29, 0.717) is 21.2 Å². The van der Waals surface area contributed by atoms with E-state index in [1.165, 1.54) is 12.1 Å². The Morgan fingerprint density at radius 2 is 1.88 bits per heavy atom. The lowest BCUT2D eigenvalue weighted by Crippen LogP contribution is -2.54. The van der Waals surface area contributed by atoms with E-state index in [1.54, 1.807) is 24.3 Å². The van der Waals surface area contributed by atoms with Gasteiger partial charge in [-0.05, 0) is 64.4 Å². The second kappa shape index (κ2) is 7.28. The van der Waals surface area contributed by atoms with E-state index in [2.05, 4.69) is 5.32 Å². The van der Waals surface area contributed by atoms with Crippen LogP contribution in [-0.4, -0.2) is 23.0 Å². The molecule has 2 aromatic rings. The number of para-hydroxylation sites is 1. The molecule has 0 aliphatic carbocycles. The fraction of sp³-hybridized carbons (Fsp3) is 0.105. The molecule has 0 aromatic heterocycles. The number of rotatable bonds is 3. The molecule has 1 fully saturated rings. The maximum atomic E-state index is 12.9. The molecular formula is C19H15IN2O4. The van der Waals surface area contributed by atoms with Crippen LogP contribution in [0.4, 0.5) is 10.5 Å². The minimum absolute atomic E-state index is 0.112. The van der Waals surface area contributed by atoms with Crippen molar-refractivity contribution in [3.63, 3.8) is 0 Å². The molecule has 3 rings (SSSR count). The lowest BCUT2D eigenvalue weighted by molar-refractivity contribution is -0.122. The highest BCUT2D eigenvalue weighted by Crippen LogP contribution is 2.27. The Kier molecular flexibility index (Phi) is 5.08. The summed E-state index contributed by atoms with van der Waals surface area (Å²) in [7, 11) is 0. The lowest BCUT2D eigenvalue weighted by Gasteiger charge is -2.28. The predicted molar refractivity (Wildman–Crippen MR) is 106 cm³/mol. The van der Waals surface area contributed by atoms with Crippen molar-refractivity contribution in [1.82, 2.24) is 5.32 Å². The molecule has 1 aliphatic rings. The molecule has 0 atom stereocenters. The molecule has 7 heteroatoms. The normalized spacial score (nSPS) is 16.2. The number of aromatic hydroxyl groups is 1. The molecule has 0 radical (unpaired) electrons. The van der Waals surface area contributed by atoms with Crippen LogP contribution in [0, 0.1) is 3.57 Å². The summed E-state index contributed by atoms with van der Waals surface area (Å²) in [6.07, 6.45) is 2.05. The van der Waals surface area contributed by atoms with Gasteiger partial charge in [0, 0.05) is 0 Å². The maximum absolute atomic E-state index is 12.9. The van der Waals surface area contributed by atoms with Crippen LogP contribution in [0.2, 0.25) is 0 Å². The Bertz CT molecular complexity index is 952. The van der Waals surface area contributed by atoms with Gasteiger partial charge in [-0.3, -0.25) is 14.9 Å². The van der Waals surface area contributed by atoms with E-state index in [9.17, 15) is 19.5 Å². The largest absolute Gasteiger partial charge is 0.507 e.